The van der Waals surface area contributed by atoms with Crippen LogP contribution in [0.15, 0.2) is 36.0 Å². The Morgan fingerprint density at radius 1 is 1.63 bits per heavy atom. The van der Waals surface area contributed by atoms with Gasteiger partial charge in [0.1, 0.15) is 17.8 Å². The largest absolute Gasteiger partial charge is 0.410 e. The summed E-state index contributed by atoms with van der Waals surface area (Å²) >= 11 is 0. The third kappa shape index (κ3) is 2.28. The van der Waals surface area contributed by atoms with Crippen LogP contribution in [-0.2, 0) is 4.79 Å². The van der Waals surface area contributed by atoms with Gasteiger partial charge >= 0.3 is 0 Å². The first kappa shape index (κ1) is 13.4. The molecule has 5 heteroatoms. The second-order valence-corrected chi connectivity index (χ2v) is 5.02. The molecule has 2 heterocycles. The van der Waals surface area contributed by atoms with Crippen LogP contribution in [0, 0.1) is 5.92 Å². The van der Waals surface area contributed by atoms with Crippen LogP contribution in [0.2, 0.25) is 0 Å². The molecule has 0 bridgehead atoms. The first-order chi connectivity index (χ1) is 8.99. The van der Waals surface area contributed by atoms with Crippen molar-refractivity contribution < 1.29 is 9.63 Å². The Labute approximate surface area is 112 Å². The lowest BCUT2D eigenvalue weighted by Gasteiger charge is -2.21. The molecule has 0 saturated heterocycles. The second kappa shape index (κ2) is 4.91. The van der Waals surface area contributed by atoms with E-state index < -0.39 is 5.54 Å². The molecule has 0 fully saturated rings. The summed E-state index contributed by atoms with van der Waals surface area (Å²) in [4.78, 5) is 22.1. The minimum absolute atomic E-state index is 0.0750. The first-order valence-corrected chi connectivity index (χ1v) is 6.32. The molecular weight excluding hydrogens is 242 g/mol. The van der Waals surface area contributed by atoms with E-state index >= 15 is 0 Å². The van der Waals surface area contributed by atoms with Crippen LogP contribution in [0.4, 0.5) is 0 Å². The molecule has 1 aromatic heterocycles. The number of rotatable bonds is 5. The summed E-state index contributed by atoms with van der Waals surface area (Å²) in [6.07, 6.45) is 3.44. The monoisotopic (exact) mass is 261 g/mol. The maximum atomic E-state index is 12.1. The molecule has 1 amide bonds. The third-order valence-corrected chi connectivity index (χ3v) is 3.45. The fourth-order valence-corrected chi connectivity index (χ4v) is 1.85. The van der Waals surface area contributed by atoms with Gasteiger partial charge in [0.05, 0.1) is 0 Å². The molecule has 1 unspecified atom stereocenters. The molecule has 1 aliphatic heterocycles. The van der Waals surface area contributed by atoms with Crippen LogP contribution < -0.4 is 10.2 Å². The number of amides is 1. The van der Waals surface area contributed by atoms with Crippen LogP contribution in [0.25, 0.3) is 0 Å². The molecule has 5 nitrogen and oxygen atoms in total. The van der Waals surface area contributed by atoms with E-state index in [9.17, 15) is 4.79 Å². The van der Waals surface area contributed by atoms with E-state index in [1.54, 1.807) is 17.0 Å². The van der Waals surface area contributed by atoms with Gasteiger partial charge in [-0.1, -0.05) is 26.5 Å². The van der Waals surface area contributed by atoms with Gasteiger partial charge in [0, 0.05) is 6.20 Å². The number of nitrogens with zero attached hydrogens (tertiary/aromatic N) is 2. The lowest BCUT2D eigenvalue weighted by atomic mass is 9.89. The second-order valence-electron chi connectivity index (χ2n) is 5.02. The van der Waals surface area contributed by atoms with Crippen molar-refractivity contribution in [2.75, 3.05) is 6.61 Å². The van der Waals surface area contributed by atoms with Crippen LogP contribution in [0.1, 0.15) is 26.5 Å². The van der Waals surface area contributed by atoms with Crippen LogP contribution in [0.3, 0.4) is 0 Å². The molecule has 1 atom stereocenters. The Morgan fingerprint density at radius 3 is 2.95 bits per heavy atom. The van der Waals surface area contributed by atoms with Crippen molar-refractivity contribution in [1.82, 2.24) is 10.0 Å². The predicted octanol–water partition coefficient (Wildman–Crippen LogP) is 1.39. The molecule has 0 spiro atoms. The van der Waals surface area contributed by atoms with Gasteiger partial charge in [-0.3, -0.25) is 4.79 Å². The van der Waals surface area contributed by atoms with Crippen LogP contribution in [0.5, 0.6) is 0 Å². The number of amidine groups is 1. The molecule has 0 aliphatic carbocycles. The lowest BCUT2D eigenvalue weighted by molar-refractivity contribution is -0.124. The van der Waals surface area contributed by atoms with Crippen molar-refractivity contribution in [2.45, 2.75) is 26.3 Å². The van der Waals surface area contributed by atoms with Crippen molar-refractivity contribution >= 4 is 11.7 Å². The summed E-state index contributed by atoms with van der Waals surface area (Å²) in [6.45, 7) is 9.82. The van der Waals surface area contributed by atoms with E-state index in [2.05, 4.69) is 16.9 Å². The van der Waals surface area contributed by atoms with Crippen molar-refractivity contribution in [3.05, 3.63) is 36.7 Å². The smallest absolute Gasteiger partial charge is 0.253 e. The molecule has 2 rings (SSSR count). The Bertz CT molecular complexity index is 531. The molecule has 1 aliphatic rings. The number of aliphatic imine (C=N–C) groups is 1. The SMILES string of the molecule is C=CCOn1cccc1C1=NC(C)(C(C)C)C(=O)N1. The number of hydrogen-bond donors (Lipinski definition) is 1. The fourth-order valence-electron chi connectivity index (χ4n) is 1.85. The number of carbonyl (C=O) groups is 1. The summed E-state index contributed by atoms with van der Waals surface area (Å²) in [5.74, 6) is 0.603. The summed E-state index contributed by atoms with van der Waals surface area (Å²) < 4.78 is 1.59. The van der Waals surface area contributed by atoms with Crippen molar-refractivity contribution in [2.24, 2.45) is 10.9 Å². The summed E-state index contributed by atoms with van der Waals surface area (Å²) in [5.41, 5.74) is 0.0163. The summed E-state index contributed by atoms with van der Waals surface area (Å²) in [7, 11) is 0. The third-order valence-electron chi connectivity index (χ3n) is 3.45. The Kier molecular flexibility index (Phi) is 3.46. The van der Waals surface area contributed by atoms with Gasteiger partial charge in [-0.2, -0.15) is 4.73 Å². The Hall–Kier alpha value is -2.04. The standard InChI is InChI=1S/C14H19N3O2/c1-5-9-19-17-8-6-7-11(17)12-15-13(18)14(4,16-12)10(2)3/h5-8,10H,1,9H2,2-4H3,(H,15,16,18). The molecular formula is C14H19N3O2. The van der Waals surface area contributed by atoms with Gasteiger partial charge in [0.2, 0.25) is 0 Å². The predicted molar refractivity (Wildman–Crippen MR) is 74.0 cm³/mol. The zero-order valence-electron chi connectivity index (χ0n) is 11.5. The van der Waals surface area contributed by atoms with Crippen molar-refractivity contribution in [3.8, 4) is 0 Å². The van der Waals surface area contributed by atoms with Gasteiger partial charge in [-0.05, 0) is 25.0 Å². The van der Waals surface area contributed by atoms with Crippen LogP contribution in [-0.4, -0.2) is 28.6 Å². The number of nitrogens with one attached hydrogen (secondary N) is 1. The first-order valence-electron chi connectivity index (χ1n) is 6.32. The average Bonchev–Trinajstić information content (AvgIpc) is 2.93. The highest BCUT2D eigenvalue weighted by atomic mass is 16.7. The molecule has 0 saturated carbocycles. The average molecular weight is 261 g/mol. The van der Waals surface area contributed by atoms with Gasteiger partial charge in [0.25, 0.3) is 5.91 Å². The maximum absolute atomic E-state index is 12.1. The van der Waals surface area contributed by atoms with Crippen molar-refractivity contribution in [1.29, 1.82) is 0 Å². The molecule has 1 aromatic rings. The molecule has 1 N–H and O–H groups in total. The highest BCUT2D eigenvalue weighted by molar-refractivity contribution is 6.14. The zero-order valence-corrected chi connectivity index (χ0v) is 11.5. The number of aromatic nitrogens is 1. The summed E-state index contributed by atoms with van der Waals surface area (Å²) in [5, 5.41) is 2.83. The highest BCUT2D eigenvalue weighted by Gasteiger charge is 2.42. The topological polar surface area (TPSA) is 55.6 Å². The van der Waals surface area contributed by atoms with Crippen molar-refractivity contribution in [3.63, 3.8) is 0 Å². The highest BCUT2D eigenvalue weighted by Crippen LogP contribution is 2.26. The number of carbonyl (C=O) groups excluding carboxylic acids is 1. The molecule has 19 heavy (non-hydrogen) atoms. The van der Waals surface area contributed by atoms with Crippen LogP contribution >= 0.6 is 0 Å². The minimum Gasteiger partial charge on any atom is -0.410 e. The van der Waals surface area contributed by atoms with E-state index in [-0.39, 0.29) is 11.8 Å². The fraction of sp³-hybridized carbons (Fsp3) is 0.429. The molecule has 102 valence electrons. The van der Waals surface area contributed by atoms with E-state index in [4.69, 9.17) is 4.84 Å². The van der Waals surface area contributed by atoms with E-state index in [0.29, 0.717) is 12.4 Å². The Morgan fingerprint density at radius 2 is 2.37 bits per heavy atom. The quantitative estimate of drug-likeness (QED) is 0.814. The van der Waals surface area contributed by atoms with Gasteiger partial charge in [-0.15, -0.1) is 0 Å². The normalized spacial score (nSPS) is 22.3. The Balaban J connectivity index is 2.31. The zero-order chi connectivity index (χ0) is 14.0. The summed E-state index contributed by atoms with van der Waals surface area (Å²) in [6, 6.07) is 3.70. The minimum atomic E-state index is -0.719. The lowest BCUT2D eigenvalue weighted by Crippen LogP contribution is -2.41. The molecule has 0 radical (unpaired) electrons. The maximum Gasteiger partial charge on any atom is 0.253 e. The number of hydrogen-bond acceptors (Lipinski definition) is 3. The van der Waals surface area contributed by atoms with Gasteiger partial charge in [-0.25, -0.2) is 4.99 Å². The van der Waals surface area contributed by atoms with E-state index in [1.807, 2.05) is 32.9 Å². The van der Waals surface area contributed by atoms with E-state index in [0.717, 1.165) is 5.69 Å². The van der Waals surface area contributed by atoms with E-state index in [1.165, 1.54) is 0 Å². The molecule has 0 aromatic carbocycles. The van der Waals surface area contributed by atoms with Gasteiger partial charge < -0.3 is 10.2 Å². The van der Waals surface area contributed by atoms with Gasteiger partial charge in [0.15, 0.2) is 5.84 Å².